The number of hydrogen-bond acceptors (Lipinski definition) is 5. The largest absolute Gasteiger partial charge is 0.396 e. The van der Waals surface area contributed by atoms with E-state index in [1.807, 2.05) is 26.0 Å². The Morgan fingerprint density at radius 2 is 2.03 bits per heavy atom. The first-order valence-electron chi connectivity index (χ1n) is 11.2. The number of aromatic nitrogens is 1. The average Bonchev–Trinajstić information content (AvgIpc) is 3.31. The number of amides is 2. The zero-order valence-electron chi connectivity index (χ0n) is 18.1. The summed E-state index contributed by atoms with van der Waals surface area (Å²) in [5, 5.41) is 13.1. The number of carbonyl (C=O) groups excluding carboxylic acids is 2. The molecular formula is C23H31N3O5. The molecule has 2 N–H and O–H groups in total. The molecule has 0 aliphatic carbocycles. The van der Waals surface area contributed by atoms with Gasteiger partial charge in [-0.15, -0.1) is 0 Å². The van der Waals surface area contributed by atoms with E-state index < -0.39 is 18.0 Å². The highest BCUT2D eigenvalue weighted by Gasteiger charge is 2.57. The number of likely N-dealkylation sites (N-methyl/N-ethyl adjacent to an activating group) is 1. The Morgan fingerprint density at radius 3 is 2.68 bits per heavy atom. The monoisotopic (exact) mass is 429 g/mol. The third-order valence-corrected chi connectivity index (χ3v) is 6.90. The summed E-state index contributed by atoms with van der Waals surface area (Å²) in [5.74, 6) is -1.15. The summed E-state index contributed by atoms with van der Waals surface area (Å²) < 4.78 is 7.13. The number of ether oxygens (including phenoxy) is 1. The minimum absolute atomic E-state index is 0.0797. The molecule has 0 aromatic carbocycles. The van der Waals surface area contributed by atoms with Gasteiger partial charge in [0.05, 0.1) is 6.04 Å². The number of aliphatic hydroxyl groups excluding tert-OH is 1. The smallest absolute Gasteiger partial charge is 0.258 e. The van der Waals surface area contributed by atoms with Crippen LogP contribution in [-0.4, -0.2) is 58.8 Å². The summed E-state index contributed by atoms with van der Waals surface area (Å²) in [7, 11) is 0. The van der Waals surface area contributed by atoms with Crippen molar-refractivity contribution >= 4 is 17.9 Å². The van der Waals surface area contributed by atoms with Crippen LogP contribution in [0.4, 0.5) is 0 Å². The van der Waals surface area contributed by atoms with E-state index in [0.29, 0.717) is 44.7 Å². The fourth-order valence-electron chi connectivity index (χ4n) is 5.49. The molecule has 0 spiro atoms. The van der Waals surface area contributed by atoms with Crippen LogP contribution >= 0.6 is 0 Å². The molecule has 0 unspecified atom stereocenters. The average molecular weight is 430 g/mol. The summed E-state index contributed by atoms with van der Waals surface area (Å²) in [6.45, 7) is 5.37. The van der Waals surface area contributed by atoms with Gasteiger partial charge in [-0.25, -0.2) is 0 Å². The molecule has 8 heteroatoms. The van der Waals surface area contributed by atoms with Gasteiger partial charge >= 0.3 is 0 Å². The lowest BCUT2D eigenvalue weighted by Crippen LogP contribution is -2.52. The number of nitrogens with zero attached hydrogens (tertiary/aromatic N) is 2. The maximum Gasteiger partial charge on any atom is 0.258 e. The zero-order valence-corrected chi connectivity index (χ0v) is 18.1. The molecule has 31 heavy (non-hydrogen) atoms. The third kappa shape index (κ3) is 3.61. The first-order valence-corrected chi connectivity index (χ1v) is 11.2. The summed E-state index contributed by atoms with van der Waals surface area (Å²) in [4.78, 5) is 41.4. The van der Waals surface area contributed by atoms with Gasteiger partial charge in [-0.1, -0.05) is 12.2 Å². The van der Waals surface area contributed by atoms with Crippen molar-refractivity contribution in [3.63, 3.8) is 0 Å². The minimum atomic E-state index is -0.741. The molecule has 4 rings (SSSR count). The van der Waals surface area contributed by atoms with Gasteiger partial charge in [-0.2, -0.15) is 0 Å². The molecule has 2 saturated heterocycles. The molecule has 4 atom stereocenters. The van der Waals surface area contributed by atoms with Crippen LogP contribution in [0.5, 0.6) is 0 Å². The number of aliphatic hydroxyl groups is 1. The van der Waals surface area contributed by atoms with Crippen molar-refractivity contribution in [1.82, 2.24) is 14.8 Å². The van der Waals surface area contributed by atoms with E-state index in [2.05, 4.69) is 5.32 Å². The summed E-state index contributed by atoms with van der Waals surface area (Å²) >= 11 is 0. The zero-order chi connectivity index (χ0) is 22.1. The molecule has 8 nitrogen and oxygen atoms in total. The molecule has 3 aliphatic rings. The number of rotatable bonds is 5. The van der Waals surface area contributed by atoms with E-state index in [-0.39, 0.29) is 35.8 Å². The van der Waals surface area contributed by atoms with Crippen LogP contribution in [0.15, 0.2) is 23.0 Å². The van der Waals surface area contributed by atoms with E-state index in [4.69, 9.17) is 4.74 Å². The van der Waals surface area contributed by atoms with Crippen molar-refractivity contribution in [2.24, 2.45) is 17.8 Å². The quantitative estimate of drug-likeness (QED) is 0.725. The Kier molecular flexibility index (Phi) is 6.29. The number of allylic oxidation sites excluding steroid dienone is 1. The Labute approximate surface area is 181 Å². The van der Waals surface area contributed by atoms with Gasteiger partial charge < -0.3 is 24.6 Å². The van der Waals surface area contributed by atoms with Crippen LogP contribution in [0.2, 0.25) is 0 Å². The van der Waals surface area contributed by atoms with Crippen LogP contribution in [0.3, 0.4) is 0 Å². The van der Waals surface area contributed by atoms with Gasteiger partial charge in [0.1, 0.15) is 6.04 Å². The van der Waals surface area contributed by atoms with Crippen LogP contribution in [0.1, 0.15) is 44.0 Å². The lowest BCUT2D eigenvalue weighted by molar-refractivity contribution is -0.147. The number of hydrogen-bond donors (Lipinski definition) is 2. The molecule has 168 valence electrons. The Balaban J connectivity index is 1.79. The van der Waals surface area contributed by atoms with E-state index in [1.54, 1.807) is 21.6 Å². The molecular weight excluding hydrogens is 398 g/mol. The number of carbonyl (C=O) groups is 2. The van der Waals surface area contributed by atoms with E-state index >= 15 is 0 Å². The van der Waals surface area contributed by atoms with Gasteiger partial charge in [0.2, 0.25) is 11.8 Å². The fraction of sp³-hybridized carbons (Fsp3) is 0.609. The Morgan fingerprint density at radius 1 is 1.29 bits per heavy atom. The van der Waals surface area contributed by atoms with Gasteiger partial charge in [-0.3, -0.25) is 14.4 Å². The van der Waals surface area contributed by atoms with E-state index in [1.165, 1.54) is 0 Å². The predicted octanol–water partition coefficient (Wildman–Crippen LogP) is 0.934. The van der Waals surface area contributed by atoms with Crippen molar-refractivity contribution in [3.8, 4) is 0 Å². The maximum absolute atomic E-state index is 13.7. The van der Waals surface area contributed by atoms with Crippen molar-refractivity contribution in [3.05, 3.63) is 39.8 Å². The molecule has 3 aliphatic heterocycles. The van der Waals surface area contributed by atoms with Gasteiger partial charge in [0, 0.05) is 61.9 Å². The molecule has 0 saturated carbocycles. The number of nitrogens with one attached hydrogen (secondary N) is 1. The van der Waals surface area contributed by atoms with E-state index in [9.17, 15) is 19.5 Å². The second-order valence-electron chi connectivity index (χ2n) is 8.56. The fourth-order valence-corrected chi connectivity index (χ4v) is 5.49. The Bertz CT molecular complexity index is 934. The molecule has 4 heterocycles. The maximum atomic E-state index is 13.7. The normalized spacial score (nSPS) is 28.0. The molecule has 1 aromatic rings. The van der Waals surface area contributed by atoms with E-state index in [0.717, 1.165) is 5.69 Å². The SMILES string of the molecule is C/C=C\c1ccc2n(c1=O)C[C@@H]1[C@@H](CO)[C@H](C(=O)NCC)N(C(=O)C3CCOCC3)[C@H]21. The van der Waals surface area contributed by atoms with Crippen molar-refractivity contribution in [2.45, 2.75) is 45.3 Å². The van der Waals surface area contributed by atoms with Gasteiger partial charge in [0.15, 0.2) is 0 Å². The second-order valence-corrected chi connectivity index (χ2v) is 8.56. The summed E-state index contributed by atoms with van der Waals surface area (Å²) in [6, 6.07) is 2.53. The van der Waals surface area contributed by atoms with Crippen molar-refractivity contribution in [1.29, 1.82) is 0 Å². The number of pyridine rings is 1. The highest BCUT2D eigenvalue weighted by molar-refractivity contribution is 5.90. The first-order chi connectivity index (χ1) is 15.0. The van der Waals surface area contributed by atoms with Crippen LogP contribution < -0.4 is 10.9 Å². The van der Waals surface area contributed by atoms with Crippen LogP contribution in [-0.2, 0) is 20.9 Å². The second kappa shape index (κ2) is 8.96. The highest BCUT2D eigenvalue weighted by Crippen LogP contribution is 2.50. The number of likely N-dealkylation sites (tertiary alicyclic amines) is 1. The molecule has 0 bridgehead atoms. The molecule has 2 fully saturated rings. The molecule has 2 amide bonds. The topological polar surface area (TPSA) is 101 Å². The molecule has 1 aromatic heterocycles. The lowest BCUT2D eigenvalue weighted by Gasteiger charge is -2.34. The minimum Gasteiger partial charge on any atom is -0.396 e. The summed E-state index contributed by atoms with van der Waals surface area (Å²) in [5.41, 5.74) is 1.23. The predicted molar refractivity (Wildman–Crippen MR) is 115 cm³/mol. The summed E-state index contributed by atoms with van der Waals surface area (Å²) in [6.07, 6.45) is 4.83. The lowest BCUT2D eigenvalue weighted by atomic mass is 9.88. The van der Waals surface area contributed by atoms with Crippen molar-refractivity contribution < 1.29 is 19.4 Å². The van der Waals surface area contributed by atoms with Crippen molar-refractivity contribution in [2.75, 3.05) is 26.4 Å². The Hall–Kier alpha value is -2.45. The first kappa shape index (κ1) is 21.8. The van der Waals surface area contributed by atoms with Gasteiger partial charge in [-0.05, 0) is 38.8 Å². The highest BCUT2D eigenvalue weighted by atomic mass is 16.5. The number of fused-ring (bicyclic) bond motifs is 3. The van der Waals surface area contributed by atoms with Gasteiger partial charge in [0.25, 0.3) is 5.56 Å². The molecule has 0 radical (unpaired) electrons. The van der Waals surface area contributed by atoms with Crippen LogP contribution in [0.25, 0.3) is 6.08 Å². The van der Waals surface area contributed by atoms with Crippen LogP contribution in [0, 0.1) is 17.8 Å². The third-order valence-electron chi connectivity index (χ3n) is 6.90. The standard InChI is InChI=1S/C23H31N3O5/c1-3-5-14-6-7-18-19-16(12-25(18)22(14)29)17(13-27)20(21(28)24-4-2)26(19)23(30)15-8-10-31-11-9-15/h3,5-7,15-17,19-20,27H,4,8-13H2,1-2H3,(H,24,28)/b5-3-/t16-,17-,19+,20-/m1/s1.